The standard InChI is InChI=1S/C12H11N3O2/c1-17-12(16)11-7-5-10(6-8-11)4-2-3-9-14-15-13/h5-8H,3,9H2,1H3. The van der Waals surface area contributed by atoms with Crippen molar-refractivity contribution >= 4 is 5.97 Å². The molecule has 1 aromatic carbocycles. The van der Waals surface area contributed by atoms with Crippen LogP contribution in [0.5, 0.6) is 0 Å². The topological polar surface area (TPSA) is 75.1 Å². The number of methoxy groups -OCH3 is 1. The minimum atomic E-state index is -0.368. The fourth-order valence-electron chi connectivity index (χ4n) is 1.12. The number of carbonyl (C=O) groups is 1. The van der Waals surface area contributed by atoms with Gasteiger partial charge in [-0.3, -0.25) is 0 Å². The molecular weight excluding hydrogens is 218 g/mol. The van der Waals surface area contributed by atoms with E-state index in [1.54, 1.807) is 24.3 Å². The molecule has 1 rings (SSSR count). The zero-order chi connectivity index (χ0) is 12.5. The number of rotatable bonds is 3. The lowest BCUT2D eigenvalue weighted by molar-refractivity contribution is 0.0601. The largest absolute Gasteiger partial charge is 0.465 e. The fourth-order valence-corrected chi connectivity index (χ4v) is 1.12. The summed E-state index contributed by atoms with van der Waals surface area (Å²) in [5, 5.41) is 3.37. The molecule has 0 heterocycles. The Balaban J connectivity index is 2.61. The number of carbonyl (C=O) groups excluding carboxylic acids is 1. The van der Waals surface area contributed by atoms with Crippen molar-refractivity contribution in [3.63, 3.8) is 0 Å². The number of hydrogen-bond donors (Lipinski definition) is 0. The van der Waals surface area contributed by atoms with Gasteiger partial charge in [-0.05, 0) is 29.8 Å². The Morgan fingerprint density at radius 3 is 2.76 bits per heavy atom. The van der Waals surface area contributed by atoms with Crippen molar-refractivity contribution in [2.75, 3.05) is 13.7 Å². The molecule has 0 radical (unpaired) electrons. The molecule has 0 saturated heterocycles. The summed E-state index contributed by atoms with van der Waals surface area (Å²) >= 11 is 0. The van der Waals surface area contributed by atoms with Gasteiger partial charge in [0.15, 0.2) is 0 Å². The number of esters is 1. The normalized spacial score (nSPS) is 8.53. The average Bonchev–Trinajstić information content (AvgIpc) is 2.38. The minimum Gasteiger partial charge on any atom is -0.465 e. The predicted molar refractivity (Wildman–Crippen MR) is 63.3 cm³/mol. The highest BCUT2D eigenvalue weighted by Crippen LogP contribution is 2.04. The number of benzene rings is 1. The number of ether oxygens (including phenoxy) is 1. The lowest BCUT2D eigenvalue weighted by atomic mass is 10.1. The van der Waals surface area contributed by atoms with Gasteiger partial charge in [-0.1, -0.05) is 17.0 Å². The highest BCUT2D eigenvalue weighted by Gasteiger charge is 2.02. The Bertz CT molecular complexity index is 491. The van der Waals surface area contributed by atoms with E-state index in [9.17, 15) is 4.79 Å². The molecule has 0 spiro atoms. The van der Waals surface area contributed by atoms with E-state index in [1.807, 2.05) is 0 Å². The molecule has 0 aliphatic rings. The van der Waals surface area contributed by atoms with E-state index in [0.29, 0.717) is 18.5 Å². The SMILES string of the molecule is COC(=O)c1ccc(C#CCCN=[N+]=[N-])cc1. The number of azide groups is 1. The van der Waals surface area contributed by atoms with Gasteiger partial charge in [0.1, 0.15) is 0 Å². The van der Waals surface area contributed by atoms with Crippen molar-refractivity contribution in [1.82, 2.24) is 0 Å². The van der Waals surface area contributed by atoms with E-state index in [-0.39, 0.29) is 5.97 Å². The van der Waals surface area contributed by atoms with Crippen LogP contribution in [0.1, 0.15) is 22.3 Å². The Morgan fingerprint density at radius 1 is 1.47 bits per heavy atom. The Hall–Kier alpha value is -2.44. The molecule has 0 unspecified atom stereocenters. The highest BCUT2D eigenvalue weighted by molar-refractivity contribution is 5.89. The maximum atomic E-state index is 11.2. The first-order valence-corrected chi connectivity index (χ1v) is 4.96. The van der Waals surface area contributed by atoms with Gasteiger partial charge in [0.05, 0.1) is 12.7 Å². The quantitative estimate of drug-likeness (QED) is 0.199. The van der Waals surface area contributed by atoms with Crippen LogP contribution in [0.3, 0.4) is 0 Å². The Morgan fingerprint density at radius 2 is 2.18 bits per heavy atom. The summed E-state index contributed by atoms with van der Waals surface area (Å²) in [6.45, 7) is 0.365. The monoisotopic (exact) mass is 229 g/mol. The van der Waals surface area contributed by atoms with E-state index in [1.165, 1.54) is 7.11 Å². The van der Waals surface area contributed by atoms with Crippen molar-refractivity contribution in [2.45, 2.75) is 6.42 Å². The zero-order valence-electron chi connectivity index (χ0n) is 9.38. The molecule has 5 heteroatoms. The van der Waals surface area contributed by atoms with Crippen molar-refractivity contribution < 1.29 is 9.53 Å². The molecular formula is C12H11N3O2. The lowest BCUT2D eigenvalue weighted by Crippen LogP contribution is -2.00. The van der Waals surface area contributed by atoms with E-state index < -0.39 is 0 Å². The van der Waals surface area contributed by atoms with Crippen LogP contribution in [0.25, 0.3) is 10.4 Å². The predicted octanol–water partition coefficient (Wildman–Crippen LogP) is 2.53. The summed E-state index contributed by atoms with van der Waals surface area (Å²) in [6.07, 6.45) is 0.517. The molecule has 5 nitrogen and oxygen atoms in total. The van der Waals surface area contributed by atoms with Crippen molar-refractivity contribution in [3.05, 3.63) is 45.8 Å². The van der Waals surface area contributed by atoms with Crippen LogP contribution in [0.15, 0.2) is 29.4 Å². The molecule has 0 fully saturated rings. The number of nitrogens with zero attached hydrogens (tertiary/aromatic N) is 3. The first-order chi connectivity index (χ1) is 8.27. The average molecular weight is 229 g/mol. The van der Waals surface area contributed by atoms with Crippen LogP contribution in [-0.2, 0) is 4.74 Å². The lowest BCUT2D eigenvalue weighted by Gasteiger charge is -1.97. The van der Waals surface area contributed by atoms with Crippen molar-refractivity contribution in [2.24, 2.45) is 5.11 Å². The van der Waals surface area contributed by atoms with Gasteiger partial charge in [0.25, 0.3) is 0 Å². The van der Waals surface area contributed by atoms with Gasteiger partial charge in [-0.2, -0.15) is 0 Å². The number of hydrogen-bond acceptors (Lipinski definition) is 3. The van der Waals surface area contributed by atoms with Gasteiger partial charge in [-0.25, -0.2) is 4.79 Å². The van der Waals surface area contributed by atoms with Crippen LogP contribution in [0, 0.1) is 11.8 Å². The Kier molecular flexibility index (Phi) is 5.15. The van der Waals surface area contributed by atoms with Crippen LogP contribution in [0.2, 0.25) is 0 Å². The summed E-state index contributed by atoms with van der Waals surface area (Å²) < 4.78 is 4.58. The van der Waals surface area contributed by atoms with Crippen LogP contribution in [-0.4, -0.2) is 19.6 Å². The molecule has 86 valence electrons. The smallest absolute Gasteiger partial charge is 0.337 e. The second-order valence-corrected chi connectivity index (χ2v) is 3.08. The molecule has 0 aromatic heterocycles. The van der Waals surface area contributed by atoms with Crippen LogP contribution < -0.4 is 0 Å². The van der Waals surface area contributed by atoms with Crippen LogP contribution in [0.4, 0.5) is 0 Å². The maximum Gasteiger partial charge on any atom is 0.337 e. The summed E-state index contributed by atoms with van der Waals surface area (Å²) in [5.41, 5.74) is 9.35. The molecule has 0 saturated carbocycles. The Labute approximate surface area is 99.0 Å². The second-order valence-electron chi connectivity index (χ2n) is 3.08. The van der Waals surface area contributed by atoms with E-state index >= 15 is 0 Å². The van der Waals surface area contributed by atoms with E-state index in [2.05, 4.69) is 26.6 Å². The second kappa shape index (κ2) is 6.94. The fraction of sp³-hybridized carbons (Fsp3) is 0.250. The molecule has 0 bridgehead atoms. The molecule has 0 aliphatic heterocycles. The molecule has 0 amide bonds. The van der Waals surface area contributed by atoms with Gasteiger partial charge in [-0.15, -0.1) is 0 Å². The third kappa shape index (κ3) is 4.29. The molecule has 0 aliphatic carbocycles. The third-order valence-corrected chi connectivity index (χ3v) is 1.94. The molecule has 0 atom stereocenters. The summed E-state index contributed by atoms with van der Waals surface area (Å²) in [6, 6.07) is 6.80. The van der Waals surface area contributed by atoms with Crippen molar-refractivity contribution in [3.8, 4) is 11.8 Å². The molecule has 17 heavy (non-hydrogen) atoms. The van der Waals surface area contributed by atoms with Crippen LogP contribution >= 0.6 is 0 Å². The highest BCUT2D eigenvalue weighted by atomic mass is 16.5. The van der Waals surface area contributed by atoms with Crippen molar-refractivity contribution in [1.29, 1.82) is 0 Å². The van der Waals surface area contributed by atoms with Gasteiger partial charge < -0.3 is 4.74 Å². The van der Waals surface area contributed by atoms with Gasteiger partial charge in [0, 0.05) is 23.4 Å². The maximum absolute atomic E-state index is 11.2. The van der Waals surface area contributed by atoms with Gasteiger partial charge >= 0.3 is 5.97 Å². The van der Waals surface area contributed by atoms with Gasteiger partial charge in [0.2, 0.25) is 0 Å². The zero-order valence-corrected chi connectivity index (χ0v) is 9.38. The molecule has 0 N–H and O–H groups in total. The first kappa shape index (κ1) is 12.6. The minimum absolute atomic E-state index is 0.365. The summed E-state index contributed by atoms with van der Waals surface area (Å²) in [4.78, 5) is 13.8. The third-order valence-electron chi connectivity index (χ3n) is 1.94. The van der Waals surface area contributed by atoms with E-state index in [0.717, 1.165) is 5.56 Å². The first-order valence-electron chi connectivity index (χ1n) is 4.96. The molecule has 1 aromatic rings. The summed E-state index contributed by atoms with van der Waals surface area (Å²) in [5.74, 6) is 5.40. The van der Waals surface area contributed by atoms with E-state index in [4.69, 9.17) is 5.53 Å². The summed E-state index contributed by atoms with van der Waals surface area (Å²) in [7, 11) is 1.34.